The van der Waals surface area contributed by atoms with Gasteiger partial charge in [0.15, 0.2) is 6.04 Å². The zero-order valence-electron chi connectivity index (χ0n) is 18.5. The monoisotopic (exact) mass is 467 g/mol. The topological polar surface area (TPSA) is 69.9 Å². The zero-order chi connectivity index (χ0) is 23.8. The lowest BCUT2D eigenvalue weighted by Crippen LogP contribution is -2.30. The molecule has 4 aromatic carbocycles. The molecule has 5 heteroatoms. The number of aliphatic imine (C=N–C) groups is 1. The maximum Gasteiger partial charge on any atom is 0.329 e. The lowest BCUT2D eigenvalue weighted by molar-refractivity contribution is -0.137. The van der Waals surface area contributed by atoms with E-state index in [1.807, 2.05) is 54.6 Å². The summed E-state index contributed by atoms with van der Waals surface area (Å²) in [5, 5.41) is 20.0. The van der Waals surface area contributed by atoms with Gasteiger partial charge in [0.25, 0.3) is 0 Å². The molecule has 4 nitrogen and oxygen atoms in total. The fourth-order valence-corrected chi connectivity index (χ4v) is 5.46. The van der Waals surface area contributed by atoms with E-state index in [0.717, 1.165) is 16.7 Å². The van der Waals surface area contributed by atoms with Crippen molar-refractivity contribution < 1.29 is 15.0 Å². The Bertz CT molecular complexity index is 1150. The highest BCUT2D eigenvalue weighted by Gasteiger charge is 2.38. The van der Waals surface area contributed by atoms with Crippen LogP contribution in [0.15, 0.2) is 120 Å². The molecule has 4 rings (SSSR count). The lowest BCUT2D eigenvalue weighted by atomic mass is 9.84. The van der Waals surface area contributed by atoms with Gasteiger partial charge in [0.05, 0.1) is 4.75 Å². The number of carbonyl (C=O) groups is 1. The Morgan fingerprint density at radius 1 is 0.765 bits per heavy atom. The Hall–Kier alpha value is -3.83. The molecule has 0 amide bonds. The number of benzene rings is 4. The molecule has 0 aromatic heterocycles. The number of aromatic hydroxyl groups is 1. The Labute approximate surface area is 203 Å². The lowest BCUT2D eigenvalue weighted by Gasteiger charge is -2.36. The minimum Gasteiger partial charge on any atom is -0.507 e. The summed E-state index contributed by atoms with van der Waals surface area (Å²) in [6.07, 6.45) is 1.43. The zero-order valence-corrected chi connectivity index (χ0v) is 19.3. The molecular weight excluding hydrogens is 442 g/mol. The molecule has 0 aliphatic rings. The van der Waals surface area contributed by atoms with Crippen LogP contribution in [0.2, 0.25) is 0 Å². The van der Waals surface area contributed by atoms with Crippen molar-refractivity contribution in [1.29, 1.82) is 0 Å². The van der Waals surface area contributed by atoms with E-state index in [-0.39, 0.29) is 11.5 Å². The van der Waals surface area contributed by atoms with Crippen molar-refractivity contribution in [3.8, 4) is 5.75 Å². The van der Waals surface area contributed by atoms with Crippen LogP contribution in [0.1, 0.15) is 22.3 Å². The third kappa shape index (κ3) is 5.05. The van der Waals surface area contributed by atoms with Crippen molar-refractivity contribution in [2.24, 2.45) is 4.99 Å². The Balaban J connectivity index is 1.76. The van der Waals surface area contributed by atoms with Crippen LogP contribution in [-0.2, 0) is 9.54 Å². The molecule has 0 unspecified atom stereocenters. The van der Waals surface area contributed by atoms with E-state index in [9.17, 15) is 15.0 Å². The van der Waals surface area contributed by atoms with E-state index < -0.39 is 16.8 Å². The minimum atomic E-state index is -1.01. The predicted molar refractivity (Wildman–Crippen MR) is 139 cm³/mol. The highest BCUT2D eigenvalue weighted by atomic mass is 32.2. The first-order valence-electron chi connectivity index (χ1n) is 11.0. The van der Waals surface area contributed by atoms with Crippen LogP contribution in [0.25, 0.3) is 0 Å². The van der Waals surface area contributed by atoms with Gasteiger partial charge < -0.3 is 10.2 Å². The first-order chi connectivity index (χ1) is 16.6. The van der Waals surface area contributed by atoms with Crippen LogP contribution in [0.5, 0.6) is 5.75 Å². The van der Waals surface area contributed by atoms with Crippen LogP contribution < -0.4 is 0 Å². The highest BCUT2D eigenvalue weighted by Crippen LogP contribution is 2.48. The molecule has 170 valence electrons. The third-order valence-corrected chi connectivity index (χ3v) is 7.24. The average molecular weight is 468 g/mol. The number of carboxylic acid groups (broad SMARTS) is 1. The molecule has 0 radical (unpaired) electrons. The van der Waals surface area contributed by atoms with Gasteiger partial charge in [-0.05, 0) is 28.8 Å². The molecule has 1 atom stereocenters. The van der Waals surface area contributed by atoms with Gasteiger partial charge in [-0.2, -0.15) is 0 Å². The number of phenolic OH excluding ortho intramolecular Hbond substituents is 1. The number of aliphatic carboxylic acids is 1. The van der Waals surface area contributed by atoms with Crippen LogP contribution in [-0.4, -0.2) is 34.2 Å². The fourth-order valence-electron chi connectivity index (χ4n) is 3.92. The van der Waals surface area contributed by atoms with E-state index in [2.05, 4.69) is 41.4 Å². The van der Waals surface area contributed by atoms with Gasteiger partial charge in [-0.15, -0.1) is 11.8 Å². The molecular formula is C29H25NO3S. The van der Waals surface area contributed by atoms with Crippen LogP contribution in [0, 0.1) is 0 Å². The number of phenols is 1. The summed E-state index contributed by atoms with van der Waals surface area (Å²) in [5.74, 6) is -0.713. The van der Waals surface area contributed by atoms with Crippen LogP contribution >= 0.6 is 11.8 Å². The Morgan fingerprint density at radius 2 is 1.21 bits per heavy atom. The standard InChI is InChI=1S/C29H25NO3S/c31-27-19-11-10-12-22(27)20-30-26(28(32)33)21-34-29(23-13-4-1-5-14-23,24-15-6-2-7-16-24)25-17-8-3-9-18-25/h1-20,26,31H,21H2,(H,32,33)/t26-/m0/s1. The van der Waals surface area contributed by atoms with Gasteiger partial charge in [-0.3, -0.25) is 4.99 Å². The summed E-state index contributed by atoms with van der Waals surface area (Å²) in [6, 6.07) is 36.2. The Kier molecular flexibility index (Phi) is 7.45. The van der Waals surface area contributed by atoms with Gasteiger partial charge in [0.2, 0.25) is 0 Å². The summed E-state index contributed by atoms with van der Waals surface area (Å²) >= 11 is 1.55. The molecule has 34 heavy (non-hydrogen) atoms. The van der Waals surface area contributed by atoms with E-state index in [1.165, 1.54) is 6.21 Å². The van der Waals surface area contributed by atoms with Crippen molar-refractivity contribution in [2.45, 2.75) is 10.8 Å². The van der Waals surface area contributed by atoms with Crippen molar-refractivity contribution in [3.63, 3.8) is 0 Å². The van der Waals surface area contributed by atoms with Crippen molar-refractivity contribution in [2.75, 3.05) is 5.75 Å². The van der Waals surface area contributed by atoms with E-state index in [0.29, 0.717) is 5.56 Å². The second-order valence-electron chi connectivity index (χ2n) is 7.78. The second kappa shape index (κ2) is 10.9. The summed E-state index contributed by atoms with van der Waals surface area (Å²) in [4.78, 5) is 16.5. The predicted octanol–water partition coefficient (Wildman–Crippen LogP) is 5.99. The number of hydrogen-bond donors (Lipinski definition) is 2. The molecule has 0 spiro atoms. The van der Waals surface area contributed by atoms with Gasteiger partial charge >= 0.3 is 5.97 Å². The second-order valence-corrected chi connectivity index (χ2v) is 9.02. The minimum absolute atomic E-state index is 0.0650. The number of nitrogens with zero attached hydrogens (tertiary/aromatic N) is 1. The maximum absolute atomic E-state index is 12.1. The van der Waals surface area contributed by atoms with Gasteiger partial charge in [-0.25, -0.2) is 4.79 Å². The average Bonchev–Trinajstić information content (AvgIpc) is 2.89. The molecule has 0 bridgehead atoms. The highest BCUT2D eigenvalue weighted by molar-refractivity contribution is 8.00. The van der Waals surface area contributed by atoms with E-state index >= 15 is 0 Å². The first-order valence-corrected chi connectivity index (χ1v) is 11.9. The number of carboxylic acids is 1. The molecule has 4 aromatic rings. The summed E-state index contributed by atoms with van der Waals surface area (Å²) in [5.41, 5.74) is 3.67. The number of rotatable bonds is 9. The maximum atomic E-state index is 12.1. The van der Waals surface area contributed by atoms with Crippen molar-refractivity contribution >= 4 is 23.9 Å². The van der Waals surface area contributed by atoms with E-state index in [1.54, 1.807) is 36.0 Å². The molecule has 0 aliphatic heterocycles. The summed E-state index contributed by atoms with van der Waals surface area (Å²) < 4.78 is -0.623. The summed E-state index contributed by atoms with van der Waals surface area (Å²) in [6.45, 7) is 0. The molecule has 2 N–H and O–H groups in total. The molecule has 0 saturated carbocycles. The smallest absolute Gasteiger partial charge is 0.329 e. The van der Waals surface area contributed by atoms with Crippen molar-refractivity contribution in [1.82, 2.24) is 0 Å². The third-order valence-electron chi connectivity index (χ3n) is 5.61. The van der Waals surface area contributed by atoms with Gasteiger partial charge in [0, 0.05) is 17.5 Å². The SMILES string of the molecule is O=C(O)[C@H](CSC(c1ccccc1)(c1ccccc1)c1ccccc1)N=Cc1ccccc1O. The normalized spacial score (nSPS) is 12.5. The van der Waals surface area contributed by atoms with Gasteiger partial charge in [0.1, 0.15) is 5.75 Å². The fraction of sp³-hybridized carbons (Fsp3) is 0.103. The van der Waals surface area contributed by atoms with Gasteiger partial charge in [-0.1, -0.05) is 103 Å². The summed E-state index contributed by atoms with van der Waals surface area (Å²) in [7, 11) is 0. The first kappa shape index (κ1) is 23.3. The number of para-hydroxylation sites is 1. The van der Waals surface area contributed by atoms with E-state index in [4.69, 9.17) is 0 Å². The molecule has 0 heterocycles. The van der Waals surface area contributed by atoms with Crippen LogP contribution in [0.3, 0.4) is 0 Å². The number of thioether (sulfide) groups is 1. The Morgan fingerprint density at radius 3 is 1.65 bits per heavy atom. The van der Waals surface area contributed by atoms with Crippen molar-refractivity contribution in [3.05, 3.63) is 138 Å². The molecule has 0 fully saturated rings. The largest absolute Gasteiger partial charge is 0.507 e. The number of hydrogen-bond acceptors (Lipinski definition) is 4. The van der Waals surface area contributed by atoms with Crippen LogP contribution in [0.4, 0.5) is 0 Å². The molecule has 0 saturated heterocycles. The quantitative estimate of drug-likeness (QED) is 0.234. The molecule has 0 aliphatic carbocycles.